The number of carbonyl (C=O) groups excluding carboxylic acids is 3. The van der Waals surface area contributed by atoms with Crippen molar-refractivity contribution >= 4 is 23.5 Å². The fraction of sp³-hybridized carbons (Fsp3) is 0.211. The van der Waals surface area contributed by atoms with Crippen LogP contribution in [0.15, 0.2) is 54.6 Å². The van der Waals surface area contributed by atoms with Crippen LogP contribution in [-0.2, 0) is 19.1 Å². The SMILES string of the molecule is O=C(COC(=O)[C@@H]1CCC(=O)N1)Nc1ccc(Oc2ccccc2)cc1. The minimum absolute atomic E-state index is 0.186. The number of anilines is 1. The van der Waals surface area contributed by atoms with Crippen molar-refractivity contribution in [3.05, 3.63) is 54.6 Å². The number of ether oxygens (including phenoxy) is 2. The highest BCUT2D eigenvalue weighted by Crippen LogP contribution is 2.22. The van der Waals surface area contributed by atoms with E-state index in [4.69, 9.17) is 9.47 Å². The molecule has 0 aliphatic carbocycles. The summed E-state index contributed by atoms with van der Waals surface area (Å²) in [6.07, 6.45) is 0.686. The van der Waals surface area contributed by atoms with Crippen molar-refractivity contribution in [1.29, 1.82) is 0 Å². The normalized spacial score (nSPS) is 15.8. The van der Waals surface area contributed by atoms with Crippen LogP contribution in [0.3, 0.4) is 0 Å². The Hall–Kier alpha value is -3.35. The van der Waals surface area contributed by atoms with Crippen LogP contribution in [0.4, 0.5) is 5.69 Å². The van der Waals surface area contributed by atoms with Crippen molar-refractivity contribution in [2.75, 3.05) is 11.9 Å². The Morgan fingerprint density at radius 3 is 2.38 bits per heavy atom. The largest absolute Gasteiger partial charge is 0.457 e. The second-order valence-electron chi connectivity index (χ2n) is 5.75. The zero-order valence-electron chi connectivity index (χ0n) is 13.9. The maximum absolute atomic E-state index is 11.9. The molecule has 0 unspecified atom stereocenters. The second-order valence-corrected chi connectivity index (χ2v) is 5.75. The second kappa shape index (κ2) is 8.15. The molecule has 2 aromatic rings. The highest BCUT2D eigenvalue weighted by Gasteiger charge is 2.28. The molecule has 7 heteroatoms. The van der Waals surface area contributed by atoms with Crippen molar-refractivity contribution in [1.82, 2.24) is 5.32 Å². The lowest BCUT2D eigenvalue weighted by molar-refractivity contribution is -0.149. The van der Waals surface area contributed by atoms with Gasteiger partial charge in [0.1, 0.15) is 17.5 Å². The molecule has 0 aromatic heterocycles. The van der Waals surface area contributed by atoms with Crippen LogP contribution in [0.1, 0.15) is 12.8 Å². The van der Waals surface area contributed by atoms with Gasteiger partial charge in [-0.2, -0.15) is 0 Å². The van der Waals surface area contributed by atoms with Gasteiger partial charge in [-0.15, -0.1) is 0 Å². The highest BCUT2D eigenvalue weighted by atomic mass is 16.5. The predicted molar refractivity (Wildman–Crippen MR) is 93.7 cm³/mol. The van der Waals surface area contributed by atoms with Crippen LogP contribution in [0.5, 0.6) is 11.5 Å². The third kappa shape index (κ3) is 4.83. The molecule has 7 nitrogen and oxygen atoms in total. The third-order valence-electron chi connectivity index (χ3n) is 3.74. The van der Waals surface area contributed by atoms with Gasteiger partial charge in [0.2, 0.25) is 5.91 Å². The van der Waals surface area contributed by atoms with Crippen LogP contribution in [0, 0.1) is 0 Å². The summed E-state index contributed by atoms with van der Waals surface area (Å²) in [5, 5.41) is 5.12. The fourth-order valence-corrected chi connectivity index (χ4v) is 2.46. The van der Waals surface area contributed by atoms with E-state index in [1.165, 1.54) is 0 Å². The van der Waals surface area contributed by atoms with E-state index in [-0.39, 0.29) is 5.91 Å². The average Bonchev–Trinajstić information content (AvgIpc) is 3.09. The van der Waals surface area contributed by atoms with Crippen molar-refractivity contribution in [3.8, 4) is 11.5 Å². The molecular formula is C19H18N2O5. The molecule has 1 atom stereocenters. The number of hydrogen-bond acceptors (Lipinski definition) is 5. The van der Waals surface area contributed by atoms with Gasteiger partial charge in [0, 0.05) is 12.1 Å². The van der Waals surface area contributed by atoms with E-state index in [2.05, 4.69) is 10.6 Å². The zero-order valence-corrected chi connectivity index (χ0v) is 13.9. The lowest BCUT2D eigenvalue weighted by Crippen LogP contribution is -2.36. The molecule has 0 radical (unpaired) electrons. The molecule has 3 rings (SSSR count). The van der Waals surface area contributed by atoms with Crippen molar-refractivity contribution in [2.24, 2.45) is 0 Å². The summed E-state index contributed by atoms with van der Waals surface area (Å²) in [7, 11) is 0. The summed E-state index contributed by atoms with van der Waals surface area (Å²) < 4.78 is 10.6. The molecule has 1 heterocycles. The first-order chi connectivity index (χ1) is 12.6. The average molecular weight is 354 g/mol. The summed E-state index contributed by atoms with van der Waals surface area (Å²) in [4.78, 5) is 34.7. The predicted octanol–water partition coefficient (Wildman–Crippen LogP) is 2.24. The smallest absolute Gasteiger partial charge is 0.329 e. The van der Waals surface area contributed by atoms with Gasteiger partial charge in [0.25, 0.3) is 5.91 Å². The number of carbonyl (C=O) groups is 3. The topological polar surface area (TPSA) is 93.7 Å². The van der Waals surface area contributed by atoms with Gasteiger partial charge < -0.3 is 20.1 Å². The summed E-state index contributed by atoms with van der Waals surface area (Å²) in [6.45, 7) is -0.409. The Morgan fingerprint density at radius 1 is 1.04 bits per heavy atom. The highest BCUT2D eigenvalue weighted by molar-refractivity contribution is 5.94. The first-order valence-electron chi connectivity index (χ1n) is 8.19. The monoisotopic (exact) mass is 354 g/mol. The van der Waals surface area contributed by atoms with Crippen LogP contribution < -0.4 is 15.4 Å². The lowest BCUT2D eigenvalue weighted by Gasteiger charge is -2.11. The quantitative estimate of drug-likeness (QED) is 0.776. The Kier molecular flexibility index (Phi) is 5.48. The molecule has 2 amide bonds. The van der Waals surface area contributed by atoms with Crippen LogP contribution in [0.25, 0.3) is 0 Å². The number of esters is 1. The minimum atomic E-state index is -0.662. The molecule has 2 aromatic carbocycles. The Bertz CT molecular complexity index is 789. The van der Waals surface area contributed by atoms with Crippen molar-refractivity contribution in [3.63, 3.8) is 0 Å². The minimum Gasteiger partial charge on any atom is -0.457 e. The first kappa shape index (κ1) is 17.5. The van der Waals surface area contributed by atoms with E-state index in [0.29, 0.717) is 24.3 Å². The number of nitrogens with one attached hydrogen (secondary N) is 2. The molecule has 2 N–H and O–H groups in total. The van der Waals surface area contributed by atoms with Crippen LogP contribution in [-0.4, -0.2) is 30.4 Å². The van der Waals surface area contributed by atoms with E-state index in [1.54, 1.807) is 24.3 Å². The number of para-hydroxylation sites is 1. The number of hydrogen-bond donors (Lipinski definition) is 2. The van der Waals surface area contributed by atoms with E-state index in [0.717, 1.165) is 5.75 Å². The van der Waals surface area contributed by atoms with Gasteiger partial charge in [-0.05, 0) is 42.8 Å². The zero-order chi connectivity index (χ0) is 18.4. The standard InChI is InChI=1S/C19H18N2O5/c22-17-11-10-16(21-17)19(24)25-12-18(23)20-13-6-8-15(9-7-13)26-14-4-2-1-3-5-14/h1-9,16H,10-12H2,(H,20,23)(H,21,22)/t16-/m0/s1. The van der Waals surface area contributed by atoms with Crippen LogP contribution >= 0.6 is 0 Å². The molecule has 26 heavy (non-hydrogen) atoms. The summed E-state index contributed by atoms with van der Waals surface area (Å²) in [5.74, 6) is 0.110. The van der Waals surface area contributed by atoms with Crippen molar-refractivity contribution in [2.45, 2.75) is 18.9 Å². The van der Waals surface area contributed by atoms with Gasteiger partial charge in [0.15, 0.2) is 6.61 Å². The molecule has 1 fully saturated rings. The number of benzene rings is 2. The molecule has 0 bridgehead atoms. The van der Waals surface area contributed by atoms with E-state index in [1.807, 2.05) is 30.3 Å². The Labute approximate surface area is 150 Å². The Morgan fingerprint density at radius 2 is 1.73 bits per heavy atom. The lowest BCUT2D eigenvalue weighted by atomic mass is 10.2. The number of amides is 2. The maximum Gasteiger partial charge on any atom is 0.329 e. The number of rotatable bonds is 6. The van der Waals surface area contributed by atoms with Gasteiger partial charge in [0.05, 0.1) is 0 Å². The third-order valence-corrected chi connectivity index (χ3v) is 3.74. The summed E-state index contributed by atoms with van der Waals surface area (Å²) in [6, 6.07) is 15.5. The summed E-state index contributed by atoms with van der Waals surface area (Å²) in [5.41, 5.74) is 0.556. The fourth-order valence-electron chi connectivity index (χ4n) is 2.46. The van der Waals surface area contributed by atoms with Gasteiger partial charge in [-0.3, -0.25) is 9.59 Å². The van der Waals surface area contributed by atoms with E-state index < -0.39 is 24.5 Å². The first-order valence-corrected chi connectivity index (χ1v) is 8.19. The Balaban J connectivity index is 1.45. The molecule has 0 spiro atoms. The molecule has 1 aliphatic heterocycles. The summed E-state index contributed by atoms with van der Waals surface area (Å²) >= 11 is 0. The van der Waals surface area contributed by atoms with Gasteiger partial charge in [-0.1, -0.05) is 18.2 Å². The molecule has 0 saturated carbocycles. The van der Waals surface area contributed by atoms with Crippen LogP contribution in [0.2, 0.25) is 0 Å². The molecule has 1 aliphatic rings. The molecular weight excluding hydrogens is 336 g/mol. The molecule has 1 saturated heterocycles. The van der Waals surface area contributed by atoms with Gasteiger partial charge in [-0.25, -0.2) is 4.79 Å². The molecule has 134 valence electrons. The maximum atomic E-state index is 11.9. The van der Waals surface area contributed by atoms with E-state index in [9.17, 15) is 14.4 Å². The van der Waals surface area contributed by atoms with E-state index >= 15 is 0 Å². The van der Waals surface area contributed by atoms with Crippen molar-refractivity contribution < 1.29 is 23.9 Å². The van der Waals surface area contributed by atoms with Gasteiger partial charge >= 0.3 is 5.97 Å².